The van der Waals surface area contributed by atoms with Crippen molar-refractivity contribution in [2.45, 2.75) is 38.8 Å². The molecule has 0 saturated carbocycles. The summed E-state index contributed by atoms with van der Waals surface area (Å²) in [5.41, 5.74) is 0.260. The summed E-state index contributed by atoms with van der Waals surface area (Å²) in [6, 6.07) is 4.40. The highest BCUT2D eigenvalue weighted by Gasteiger charge is 2.31. The second kappa shape index (κ2) is 6.44. The van der Waals surface area contributed by atoms with Crippen molar-refractivity contribution >= 4 is 0 Å². The van der Waals surface area contributed by atoms with Crippen LogP contribution in [0.2, 0.25) is 0 Å². The number of nitrogens with one attached hydrogen (secondary N) is 1. The van der Waals surface area contributed by atoms with Crippen molar-refractivity contribution in [3.8, 4) is 0 Å². The molecule has 0 aliphatic heterocycles. The van der Waals surface area contributed by atoms with Gasteiger partial charge in [-0.2, -0.15) is 0 Å². The normalized spacial score (nSPS) is 13.9. The van der Waals surface area contributed by atoms with Gasteiger partial charge in [0.2, 0.25) is 0 Å². The molecule has 1 atom stereocenters. The Kier molecular flexibility index (Phi) is 5.44. The van der Waals surface area contributed by atoms with Crippen LogP contribution in [0.5, 0.6) is 0 Å². The minimum Gasteiger partial charge on any atom is -0.312 e. The number of halogens is 2. The van der Waals surface area contributed by atoms with Crippen LogP contribution < -0.4 is 5.32 Å². The van der Waals surface area contributed by atoms with Crippen molar-refractivity contribution in [3.05, 3.63) is 35.4 Å². The van der Waals surface area contributed by atoms with E-state index >= 15 is 0 Å². The van der Waals surface area contributed by atoms with Crippen LogP contribution in [-0.4, -0.2) is 37.1 Å². The molecule has 108 valence electrons. The highest BCUT2D eigenvalue weighted by molar-refractivity contribution is 5.21. The van der Waals surface area contributed by atoms with Gasteiger partial charge >= 0.3 is 0 Å². The van der Waals surface area contributed by atoms with E-state index in [1.807, 2.05) is 21.0 Å². The Morgan fingerprint density at radius 3 is 2.42 bits per heavy atom. The number of rotatable bonds is 6. The summed E-state index contributed by atoms with van der Waals surface area (Å²) in [6.07, 6.45) is 0.461. The summed E-state index contributed by atoms with van der Waals surface area (Å²) in [5.74, 6) is -1.52. The predicted molar refractivity (Wildman–Crippen MR) is 75.3 cm³/mol. The highest BCUT2D eigenvalue weighted by atomic mass is 19.2. The van der Waals surface area contributed by atoms with Crippen LogP contribution in [0.25, 0.3) is 0 Å². The molecule has 0 aliphatic rings. The van der Waals surface area contributed by atoms with Crippen molar-refractivity contribution in [1.29, 1.82) is 0 Å². The number of nitrogens with zero attached hydrogens (tertiary/aromatic N) is 1. The second-order valence-electron chi connectivity index (χ2n) is 5.58. The molecular formula is C15H24F2N2. The Labute approximate surface area is 114 Å². The van der Waals surface area contributed by atoms with Gasteiger partial charge in [0, 0.05) is 11.6 Å². The lowest BCUT2D eigenvalue weighted by atomic mass is 9.88. The van der Waals surface area contributed by atoms with Gasteiger partial charge < -0.3 is 10.2 Å². The van der Waals surface area contributed by atoms with E-state index in [2.05, 4.69) is 24.1 Å². The third-order valence-electron chi connectivity index (χ3n) is 3.91. The molecule has 4 heteroatoms. The smallest absolute Gasteiger partial charge is 0.162 e. The fraction of sp³-hybridized carbons (Fsp3) is 0.600. The zero-order valence-electron chi connectivity index (χ0n) is 12.4. The lowest BCUT2D eigenvalue weighted by Crippen LogP contribution is -2.56. The van der Waals surface area contributed by atoms with Gasteiger partial charge in [0.25, 0.3) is 0 Å². The third-order valence-corrected chi connectivity index (χ3v) is 3.91. The van der Waals surface area contributed by atoms with Crippen molar-refractivity contribution in [1.82, 2.24) is 10.2 Å². The Bertz CT molecular complexity index is 417. The summed E-state index contributed by atoms with van der Waals surface area (Å²) in [5, 5.41) is 3.37. The zero-order chi connectivity index (χ0) is 14.6. The molecule has 0 amide bonds. The Balaban J connectivity index is 2.99. The quantitative estimate of drug-likeness (QED) is 0.855. The monoisotopic (exact) mass is 270 g/mol. The average molecular weight is 270 g/mol. The molecule has 2 nitrogen and oxygen atoms in total. The van der Waals surface area contributed by atoms with Crippen LogP contribution in [0.4, 0.5) is 8.78 Å². The molecule has 0 aliphatic carbocycles. The molecule has 19 heavy (non-hydrogen) atoms. The summed E-state index contributed by atoms with van der Waals surface area (Å²) in [4.78, 5) is 2.09. The van der Waals surface area contributed by atoms with E-state index in [4.69, 9.17) is 0 Å². The van der Waals surface area contributed by atoms with Crippen LogP contribution in [0.3, 0.4) is 0 Å². The molecule has 1 unspecified atom stereocenters. The summed E-state index contributed by atoms with van der Waals surface area (Å²) >= 11 is 0. The van der Waals surface area contributed by atoms with Gasteiger partial charge in [0.1, 0.15) is 0 Å². The molecule has 1 rings (SSSR count). The maximum atomic E-state index is 13.8. The molecule has 0 fully saturated rings. The number of hydrogen-bond acceptors (Lipinski definition) is 2. The van der Waals surface area contributed by atoms with Crippen molar-refractivity contribution < 1.29 is 8.78 Å². The van der Waals surface area contributed by atoms with Crippen LogP contribution >= 0.6 is 0 Å². The fourth-order valence-electron chi connectivity index (χ4n) is 2.06. The topological polar surface area (TPSA) is 15.3 Å². The van der Waals surface area contributed by atoms with E-state index in [9.17, 15) is 8.78 Å². The molecule has 1 aromatic carbocycles. The van der Waals surface area contributed by atoms with Gasteiger partial charge in [0.15, 0.2) is 11.6 Å². The van der Waals surface area contributed by atoms with E-state index in [0.29, 0.717) is 12.0 Å². The largest absolute Gasteiger partial charge is 0.312 e. The summed E-state index contributed by atoms with van der Waals surface area (Å²) in [7, 11) is 3.98. The molecule has 0 aromatic heterocycles. The van der Waals surface area contributed by atoms with E-state index in [0.717, 1.165) is 12.6 Å². The molecule has 0 heterocycles. The summed E-state index contributed by atoms with van der Waals surface area (Å²) < 4.78 is 27.0. The first kappa shape index (κ1) is 16.1. The lowest BCUT2D eigenvalue weighted by Gasteiger charge is -2.40. The molecule has 1 N–H and O–H groups in total. The van der Waals surface area contributed by atoms with E-state index in [-0.39, 0.29) is 11.6 Å². The minimum absolute atomic E-state index is 0.0452. The molecule has 0 bridgehead atoms. The van der Waals surface area contributed by atoms with Crippen molar-refractivity contribution in [3.63, 3.8) is 0 Å². The number of benzene rings is 1. The fourth-order valence-corrected chi connectivity index (χ4v) is 2.06. The SMILES string of the molecule is CCNC(Cc1cccc(F)c1F)C(C)(C)N(C)C. The van der Waals surface area contributed by atoms with E-state index in [1.54, 1.807) is 12.1 Å². The predicted octanol–water partition coefficient (Wildman–Crippen LogP) is 2.83. The van der Waals surface area contributed by atoms with E-state index in [1.165, 1.54) is 0 Å². The van der Waals surface area contributed by atoms with Gasteiger partial charge in [-0.15, -0.1) is 0 Å². The minimum atomic E-state index is -0.782. The first-order valence-electron chi connectivity index (χ1n) is 6.64. The summed E-state index contributed by atoms with van der Waals surface area (Å²) in [6.45, 7) is 6.99. The number of hydrogen-bond donors (Lipinski definition) is 1. The van der Waals surface area contributed by atoms with Crippen LogP contribution in [0, 0.1) is 11.6 Å². The Morgan fingerprint density at radius 2 is 1.89 bits per heavy atom. The molecule has 0 spiro atoms. The Hall–Kier alpha value is -1.00. The maximum absolute atomic E-state index is 13.8. The zero-order valence-corrected chi connectivity index (χ0v) is 12.4. The average Bonchev–Trinajstić information content (AvgIpc) is 2.33. The second-order valence-corrected chi connectivity index (χ2v) is 5.58. The van der Waals surface area contributed by atoms with Crippen molar-refractivity contribution in [2.24, 2.45) is 0 Å². The lowest BCUT2D eigenvalue weighted by molar-refractivity contribution is 0.137. The van der Waals surface area contributed by atoms with E-state index < -0.39 is 11.6 Å². The van der Waals surface area contributed by atoms with Gasteiger partial charge in [-0.1, -0.05) is 19.1 Å². The first-order chi connectivity index (χ1) is 8.80. The molecule has 0 radical (unpaired) electrons. The Morgan fingerprint density at radius 1 is 1.26 bits per heavy atom. The molecule has 0 saturated heterocycles. The van der Waals surface area contributed by atoms with Gasteiger partial charge in [-0.3, -0.25) is 0 Å². The van der Waals surface area contributed by atoms with Crippen LogP contribution in [0.15, 0.2) is 18.2 Å². The highest BCUT2D eigenvalue weighted by Crippen LogP contribution is 2.21. The first-order valence-corrected chi connectivity index (χ1v) is 6.64. The van der Waals surface area contributed by atoms with Gasteiger partial charge in [0.05, 0.1) is 0 Å². The van der Waals surface area contributed by atoms with Gasteiger partial charge in [-0.05, 0) is 52.5 Å². The van der Waals surface area contributed by atoms with Gasteiger partial charge in [-0.25, -0.2) is 8.78 Å². The number of likely N-dealkylation sites (N-methyl/N-ethyl adjacent to an activating group) is 2. The van der Waals surface area contributed by atoms with Crippen molar-refractivity contribution in [2.75, 3.05) is 20.6 Å². The van der Waals surface area contributed by atoms with Crippen LogP contribution in [0.1, 0.15) is 26.3 Å². The maximum Gasteiger partial charge on any atom is 0.162 e. The molecular weight excluding hydrogens is 246 g/mol. The standard InChI is InChI=1S/C15H24F2N2/c1-6-18-13(15(2,3)19(4)5)10-11-8-7-9-12(16)14(11)17/h7-9,13,18H,6,10H2,1-5H3. The molecule has 1 aromatic rings. The van der Waals surface area contributed by atoms with Crippen LogP contribution in [-0.2, 0) is 6.42 Å². The third kappa shape index (κ3) is 3.74.